The monoisotopic (exact) mass is 330 g/mol. The van der Waals surface area contributed by atoms with Crippen molar-refractivity contribution in [2.75, 3.05) is 19.6 Å². The van der Waals surface area contributed by atoms with Crippen molar-refractivity contribution < 1.29 is 9.59 Å². The molecule has 0 aromatic carbocycles. The van der Waals surface area contributed by atoms with Crippen LogP contribution in [0.15, 0.2) is 24.5 Å². The third-order valence-corrected chi connectivity index (χ3v) is 5.00. The molecule has 1 atom stereocenters. The van der Waals surface area contributed by atoms with Crippen molar-refractivity contribution in [3.05, 3.63) is 30.1 Å². The van der Waals surface area contributed by atoms with Crippen LogP contribution in [0.1, 0.15) is 37.7 Å². The first-order valence-electron chi connectivity index (χ1n) is 8.93. The molecule has 1 saturated carbocycles. The Balaban J connectivity index is 1.50. The summed E-state index contributed by atoms with van der Waals surface area (Å²) in [6.45, 7) is 2.11. The minimum Gasteiger partial charge on any atom is -0.356 e. The van der Waals surface area contributed by atoms with Gasteiger partial charge in [0.15, 0.2) is 0 Å². The second kappa shape index (κ2) is 8.24. The van der Waals surface area contributed by atoms with Gasteiger partial charge in [-0.05, 0) is 30.9 Å². The molecule has 3 rings (SSSR count). The molecule has 1 unspecified atom stereocenters. The van der Waals surface area contributed by atoms with Gasteiger partial charge in [-0.15, -0.1) is 0 Å². The standard InChI is InChI=1S/C18H26N4O2/c23-17(20-9-7-14-4-3-8-19-13-14)12-16-18(24)21-10-11-22(16)15-5-1-2-6-15/h3-4,8,13,15-16H,1-2,5-7,9-12H2,(H,20,23)(H,21,24). The number of carbonyl (C=O) groups excluding carboxylic acids is 2. The van der Waals surface area contributed by atoms with Gasteiger partial charge in [0.05, 0.1) is 12.5 Å². The molecule has 0 radical (unpaired) electrons. The van der Waals surface area contributed by atoms with Gasteiger partial charge in [-0.25, -0.2) is 0 Å². The SMILES string of the molecule is O=C(CC1C(=O)NCCN1C1CCCC1)NCCc1cccnc1. The fourth-order valence-electron chi connectivity index (χ4n) is 3.76. The van der Waals surface area contributed by atoms with Crippen LogP contribution in [0.4, 0.5) is 0 Å². The van der Waals surface area contributed by atoms with Gasteiger partial charge in [-0.2, -0.15) is 0 Å². The Morgan fingerprint density at radius 2 is 2.21 bits per heavy atom. The minimum absolute atomic E-state index is 0.00411. The fraction of sp³-hybridized carbons (Fsp3) is 0.611. The first kappa shape index (κ1) is 16.9. The molecule has 2 amide bonds. The fourth-order valence-corrected chi connectivity index (χ4v) is 3.76. The molecule has 1 aromatic rings. The highest BCUT2D eigenvalue weighted by Gasteiger charge is 2.36. The maximum atomic E-state index is 12.3. The molecule has 0 bridgehead atoms. The molecule has 2 N–H and O–H groups in total. The molecule has 1 aliphatic heterocycles. The molecule has 1 saturated heterocycles. The Hall–Kier alpha value is -1.95. The van der Waals surface area contributed by atoms with Crippen LogP contribution in [-0.2, 0) is 16.0 Å². The summed E-state index contributed by atoms with van der Waals surface area (Å²) in [5.41, 5.74) is 1.10. The highest BCUT2D eigenvalue weighted by molar-refractivity contribution is 5.88. The first-order valence-corrected chi connectivity index (χ1v) is 8.93. The topological polar surface area (TPSA) is 74.3 Å². The Morgan fingerprint density at radius 1 is 1.38 bits per heavy atom. The van der Waals surface area contributed by atoms with Gasteiger partial charge in [0.25, 0.3) is 0 Å². The van der Waals surface area contributed by atoms with Crippen LogP contribution in [0, 0.1) is 0 Å². The lowest BCUT2D eigenvalue weighted by Crippen LogP contribution is -2.59. The molecule has 130 valence electrons. The molecule has 2 fully saturated rings. The molecule has 1 aromatic heterocycles. The molecule has 0 spiro atoms. The van der Waals surface area contributed by atoms with Crippen molar-refractivity contribution in [2.45, 2.75) is 50.6 Å². The van der Waals surface area contributed by atoms with Gasteiger partial charge in [-0.1, -0.05) is 18.9 Å². The average Bonchev–Trinajstić information content (AvgIpc) is 3.12. The van der Waals surface area contributed by atoms with Crippen LogP contribution in [-0.4, -0.2) is 53.4 Å². The molecular formula is C18H26N4O2. The van der Waals surface area contributed by atoms with Gasteiger partial charge >= 0.3 is 0 Å². The van der Waals surface area contributed by atoms with E-state index in [1.807, 2.05) is 18.3 Å². The summed E-state index contributed by atoms with van der Waals surface area (Å²) in [7, 11) is 0. The zero-order valence-corrected chi connectivity index (χ0v) is 14.0. The zero-order valence-electron chi connectivity index (χ0n) is 14.0. The van der Waals surface area contributed by atoms with E-state index >= 15 is 0 Å². The van der Waals surface area contributed by atoms with Crippen LogP contribution in [0.2, 0.25) is 0 Å². The number of hydrogen-bond donors (Lipinski definition) is 2. The quantitative estimate of drug-likeness (QED) is 0.812. The van der Waals surface area contributed by atoms with E-state index in [0.717, 1.165) is 31.4 Å². The number of nitrogens with one attached hydrogen (secondary N) is 2. The van der Waals surface area contributed by atoms with Crippen LogP contribution in [0.3, 0.4) is 0 Å². The normalized spacial score (nSPS) is 22.3. The highest BCUT2D eigenvalue weighted by atomic mass is 16.2. The summed E-state index contributed by atoms with van der Waals surface area (Å²) in [5.74, 6) is -0.0560. The minimum atomic E-state index is -0.319. The summed E-state index contributed by atoms with van der Waals surface area (Å²) in [6.07, 6.45) is 9.29. The number of pyridine rings is 1. The molecule has 2 heterocycles. The summed E-state index contributed by atoms with van der Waals surface area (Å²) in [4.78, 5) is 30.8. The molecule has 6 heteroatoms. The lowest BCUT2D eigenvalue weighted by Gasteiger charge is -2.38. The number of hydrogen-bond acceptors (Lipinski definition) is 4. The van der Waals surface area contributed by atoms with Crippen LogP contribution < -0.4 is 10.6 Å². The predicted molar refractivity (Wildman–Crippen MR) is 91.3 cm³/mol. The first-order chi connectivity index (χ1) is 11.7. The Bertz CT molecular complexity index is 557. The van der Waals surface area contributed by atoms with Crippen molar-refractivity contribution in [3.63, 3.8) is 0 Å². The van der Waals surface area contributed by atoms with Crippen molar-refractivity contribution in [2.24, 2.45) is 0 Å². The van der Waals surface area contributed by atoms with E-state index in [1.165, 1.54) is 12.8 Å². The summed E-state index contributed by atoms with van der Waals surface area (Å²) in [5, 5.41) is 5.84. The highest BCUT2D eigenvalue weighted by Crippen LogP contribution is 2.26. The summed E-state index contributed by atoms with van der Waals surface area (Å²) < 4.78 is 0. The van der Waals surface area contributed by atoms with Crippen LogP contribution >= 0.6 is 0 Å². The lowest BCUT2D eigenvalue weighted by molar-refractivity contribution is -0.135. The van der Waals surface area contributed by atoms with E-state index in [1.54, 1.807) is 6.20 Å². The van der Waals surface area contributed by atoms with Crippen molar-refractivity contribution in [1.82, 2.24) is 20.5 Å². The molecule has 1 aliphatic carbocycles. The Morgan fingerprint density at radius 3 is 2.96 bits per heavy atom. The van der Waals surface area contributed by atoms with Crippen LogP contribution in [0.5, 0.6) is 0 Å². The van der Waals surface area contributed by atoms with Crippen LogP contribution in [0.25, 0.3) is 0 Å². The second-order valence-corrected chi connectivity index (χ2v) is 6.65. The van der Waals surface area contributed by atoms with Gasteiger partial charge in [0.1, 0.15) is 0 Å². The maximum absolute atomic E-state index is 12.3. The van der Waals surface area contributed by atoms with E-state index in [9.17, 15) is 9.59 Å². The smallest absolute Gasteiger partial charge is 0.237 e. The number of rotatable bonds is 6. The lowest BCUT2D eigenvalue weighted by atomic mass is 10.0. The molecule has 24 heavy (non-hydrogen) atoms. The molecule has 6 nitrogen and oxygen atoms in total. The van der Waals surface area contributed by atoms with Crippen molar-refractivity contribution in [1.29, 1.82) is 0 Å². The van der Waals surface area contributed by atoms with E-state index in [4.69, 9.17) is 0 Å². The summed E-state index contributed by atoms with van der Waals surface area (Å²) >= 11 is 0. The van der Waals surface area contributed by atoms with E-state index in [2.05, 4.69) is 20.5 Å². The maximum Gasteiger partial charge on any atom is 0.237 e. The zero-order chi connectivity index (χ0) is 16.8. The van der Waals surface area contributed by atoms with Gasteiger partial charge < -0.3 is 10.6 Å². The number of aromatic nitrogens is 1. The largest absolute Gasteiger partial charge is 0.356 e. The van der Waals surface area contributed by atoms with Gasteiger partial charge in [-0.3, -0.25) is 19.5 Å². The summed E-state index contributed by atoms with van der Waals surface area (Å²) in [6, 6.07) is 4.03. The van der Waals surface area contributed by atoms with E-state index in [-0.39, 0.29) is 24.3 Å². The van der Waals surface area contributed by atoms with Gasteiger partial charge in [0, 0.05) is 38.1 Å². The number of carbonyl (C=O) groups is 2. The van der Waals surface area contributed by atoms with E-state index < -0.39 is 0 Å². The van der Waals surface area contributed by atoms with Crippen molar-refractivity contribution in [3.8, 4) is 0 Å². The third kappa shape index (κ3) is 4.32. The number of nitrogens with zero attached hydrogens (tertiary/aromatic N) is 2. The third-order valence-electron chi connectivity index (χ3n) is 5.00. The van der Waals surface area contributed by atoms with Gasteiger partial charge in [0.2, 0.25) is 11.8 Å². The number of piperazine rings is 1. The molecule has 2 aliphatic rings. The molecular weight excluding hydrogens is 304 g/mol. The van der Waals surface area contributed by atoms with E-state index in [0.29, 0.717) is 19.1 Å². The number of amides is 2. The Kier molecular flexibility index (Phi) is 5.80. The average molecular weight is 330 g/mol. The van der Waals surface area contributed by atoms with Crippen molar-refractivity contribution >= 4 is 11.8 Å². The Labute approximate surface area is 143 Å². The second-order valence-electron chi connectivity index (χ2n) is 6.65. The predicted octanol–water partition coefficient (Wildman–Crippen LogP) is 0.873.